The molecule has 1 heterocycles. The highest BCUT2D eigenvalue weighted by Crippen LogP contribution is 2.21. The van der Waals surface area contributed by atoms with Gasteiger partial charge in [-0.3, -0.25) is 0 Å². The van der Waals surface area contributed by atoms with Crippen LogP contribution in [0, 0.1) is 0 Å². The minimum Gasteiger partial charge on any atom is -0.480 e. The molecule has 0 saturated carbocycles. The van der Waals surface area contributed by atoms with E-state index in [0.29, 0.717) is 12.2 Å². The van der Waals surface area contributed by atoms with Gasteiger partial charge in [-0.2, -0.15) is 0 Å². The van der Waals surface area contributed by atoms with Gasteiger partial charge in [-0.1, -0.05) is 18.2 Å². The Bertz CT molecular complexity index is 535. The third-order valence-corrected chi connectivity index (χ3v) is 3.45. The molecule has 1 saturated heterocycles. The van der Waals surface area contributed by atoms with Crippen molar-refractivity contribution in [3.8, 4) is 0 Å². The fourth-order valence-corrected chi connectivity index (χ4v) is 2.45. The van der Waals surface area contributed by atoms with E-state index < -0.39 is 24.1 Å². The summed E-state index contributed by atoms with van der Waals surface area (Å²) in [5.74, 6) is -1.11. The Morgan fingerprint density at radius 3 is 2.76 bits per heavy atom. The van der Waals surface area contributed by atoms with E-state index in [9.17, 15) is 14.7 Å². The zero-order valence-corrected chi connectivity index (χ0v) is 11.7. The van der Waals surface area contributed by atoms with Crippen LogP contribution in [0.3, 0.4) is 0 Å². The Labute approximate surface area is 122 Å². The first-order chi connectivity index (χ1) is 10.0. The maximum atomic E-state index is 12.3. The van der Waals surface area contributed by atoms with Crippen molar-refractivity contribution in [2.75, 3.05) is 18.9 Å². The van der Waals surface area contributed by atoms with E-state index in [0.717, 1.165) is 10.5 Å². The number of urea groups is 1. The molecule has 0 aromatic heterocycles. The number of para-hydroxylation sites is 1. The number of β-amino-alcohol motifs (C(OH)–C–C–N with tert-alkyl or cyclic N) is 1. The highest BCUT2D eigenvalue weighted by molar-refractivity contribution is 5.93. The molecular weight excluding hydrogens is 274 g/mol. The minimum absolute atomic E-state index is 0.0248. The number of anilines is 1. The number of carboxylic acid groups (broad SMARTS) is 1. The van der Waals surface area contributed by atoms with Crippen LogP contribution in [0.5, 0.6) is 0 Å². The number of nitrogens with one attached hydrogen (secondary N) is 2. The third-order valence-electron chi connectivity index (χ3n) is 3.45. The molecule has 2 amide bonds. The molecule has 0 unspecified atom stereocenters. The second-order valence-corrected chi connectivity index (χ2v) is 5.01. The summed E-state index contributed by atoms with van der Waals surface area (Å²) in [6, 6.07) is 5.79. The van der Waals surface area contributed by atoms with Crippen LogP contribution in [0.1, 0.15) is 12.0 Å². The Hall–Kier alpha value is -2.12. The topological polar surface area (TPSA) is 102 Å². The number of carbonyl (C=O) groups excluding carboxylic acids is 1. The van der Waals surface area contributed by atoms with Gasteiger partial charge < -0.3 is 25.7 Å². The van der Waals surface area contributed by atoms with E-state index in [1.807, 2.05) is 12.1 Å². The molecule has 4 N–H and O–H groups in total. The largest absolute Gasteiger partial charge is 0.480 e. The van der Waals surface area contributed by atoms with E-state index in [2.05, 4.69) is 10.6 Å². The molecule has 1 aliphatic heterocycles. The van der Waals surface area contributed by atoms with E-state index in [-0.39, 0.29) is 13.0 Å². The van der Waals surface area contributed by atoms with Gasteiger partial charge in [-0.25, -0.2) is 9.59 Å². The van der Waals surface area contributed by atoms with Crippen molar-refractivity contribution < 1.29 is 19.8 Å². The Morgan fingerprint density at radius 1 is 1.38 bits per heavy atom. The van der Waals surface area contributed by atoms with Crippen molar-refractivity contribution in [1.82, 2.24) is 10.2 Å². The van der Waals surface area contributed by atoms with Gasteiger partial charge in [0.1, 0.15) is 6.04 Å². The predicted octanol–water partition coefficient (Wildman–Crippen LogP) is 0.458. The third kappa shape index (κ3) is 3.50. The van der Waals surface area contributed by atoms with Gasteiger partial charge >= 0.3 is 12.0 Å². The first-order valence-electron chi connectivity index (χ1n) is 6.74. The summed E-state index contributed by atoms with van der Waals surface area (Å²) >= 11 is 0. The number of aliphatic carboxylic acids is 1. The van der Waals surface area contributed by atoms with Gasteiger partial charge in [0.2, 0.25) is 0 Å². The van der Waals surface area contributed by atoms with Gasteiger partial charge in [-0.05, 0) is 18.7 Å². The fourth-order valence-electron chi connectivity index (χ4n) is 2.45. The van der Waals surface area contributed by atoms with Crippen LogP contribution < -0.4 is 10.6 Å². The smallest absolute Gasteiger partial charge is 0.326 e. The van der Waals surface area contributed by atoms with Crippen LogP contribution in [-0.4, -0.2) is 52.9 Å². The second-order valence-electron chi connectivity index (χ2n) is 5.01. The summed E-state index contributed by atoms with van der Waals surface area (Å²) in [5, 5.41) is 24.4. The highest BCUT2D eigenvalue weighted by Gasteiger charge is 2.39. The van der Waals surface area contributed by atoms with Gasteiger partial charge in [0.05, 0.1) is 6.10 Å². The van der Waals surface area contributed by atoms with Crippen LogP contribution in [0.4, 0.5) is 10.5 Å². The summed E-state index contributed by atoms with van der Waals surface area (Å²) in [7, 11) is 1.80. The monoisotopic (exact) mass is 293 g/mol. The molecule has 0 radical (unpaired) electrons. The lowest BCUT2D eigenvalue weighted by atomic mass is 10.2. The average molecular weight is 293 g/mol. The molecule has 114 valence electrons. The molecule has 0 spiro atoms. The lowest BCUT2D eigenvalue weighted by Gasteiger charge is -2.22. The van der Waals surface area contributed by atoms with Crippen LogP contribution >= 0.6 is 0 Å². The molecule has 1 aromatic carbocycles. The zero-order valence-electron chi connectivity index (χ0n) is 11.7. The maximum absolute atomic E-state index is 12.3. The van der Waals surface area contributed by atoms with Crippen molar-refractivity contribution in [3.05, 3.63) is 29.8 Å². The van der Waals surface area contributed by atoms with Crippen LogP contribution in [0.25, 0.3) is 0 Å². The van der Waals surface area contributed by atoms with Crippen LogP contribution in [-0.2, 0) is 11.3 Å². The quantitative estimate of drug-likeness (QED) is 0.646. The molecule has 7 nitrogen and oxygen atoms in total. The number of rotatable bonds is 4. The van der Waals surface area contributed by atoms with Crippen molar-refractivity contribution in [3.63, 3.8) is 0 Å². The van der Waals surface area contributed by atoms with Gasteiger partial charge in [0.25, 0.3) is 0 Å². The second kappa shape index (κ2) is 6.55. The SMILES string of the molecule is CNCc1ccccc1NC(=O)N1C[C@H](O)C[C@@H]1C(=O)O. The summed E-state index contributed by atoms with van der Waals surface area (Å²) in [5.41, 5.74) is 1.53. The van der Waals surface area contributed by atoms with Crippen molar-refractivity contribution in [2.45, 2.75) is 25.1 Å². The molecule has 7 heteroatoms. The van der Waals surface area contributed by atoms with Gasteiger partial charge in [0, 0.05) is 25.2 Å². The molecular formula is C14H19N3O4. The molecule has 2 atom stereocenters. The fraction of sp³-hybridized carbons (Fsp3) is 0.429. The number of amides is 2. The van der Waals surface area contributed by atoms with E-state index in [4.69, 9.17) is 5.11 Å². The van der Waals surface area contributed by atoms with Crippen molar-refractivity contribution >= 4 is 17.7 Å². The predicted molar refractivity (Wildman–Crippen MR) is 77.0 cm³/mol. The zero-order chi connectivity index (χ0) is 15.4. The molecule has 2 rings (SSSR count). The molecule has 1 aromatic rings. The van der Waals surface area contributed by atoms with Gasteiger partial charge in [-0.15, -0.1) is 0 Å². The number of hydrogen-bond acceptors (Lipinski definition) is 4. The number of carbonyl (C=O) groups is 2. The number of aliphatic hydroxyl groups is 1. The molecule has 21 heavy (non-hydrogen) atoms. The summed E-state index contributed by atoms with van der Waals surface area (Å²) < 4.78 is 0. The number of benzene rings is 1. The first kappa shape index (κ1) is 15.3. The molecule has 0 bridgehead atoms. The lowest BCUT2D eigenvalue weighted by Crippen LogP contribution is -2.43. The standard InChI is InChI=1S/C14H19N3O4/c1-15-7-9-4-2-3-5-11(9)16-14(21)17-8-10(18)6-12(17)13(19)20/h2-5,10,12,15,18H,6-8H2,1H3,(H,16,21)(H,19,20)/t10-,12-/m1/s1. The van der Waals surface area contributed by atoms with Crippen molar-refractivity contribution in [1.29, 1.82) is 0 Å². The van der Waals surface area contributed by atoms with E-state index in [1.54, 1.807) is 19.2 Å². The van der Waals surface area contributed by atoms with Crippen LogP contribution in [0.2, 0.25) is 0 Å². The molecule has 1 fully saturated rings. The Kier molecular flexibility index (Phi) is 4.77. The first-order valence-corrected chi connectivity index (χ1v) is 6.74. The number of nitrogens with zero attached hydrogens (tertiary/aromatic N) is 1. The molecule has 0 aliphatic carbocycles. The van der Waals surface area contributed by atoms with Crippen LogP contribution in [0.15, 0.2) is 24.3 Å². The summed E-state index contributed by atoms with van der Waals surface area (Å²) in [6.07, 6.45) is -0.745. The van der Waals surface area contributed by atoms with E-state index >= 15 is 0 Å². The maximum Gasteiger partial charge on any atom is 0.326 e. The number of likely N-dealkylation sites (tertiary alicyclic amines) is 1. The highest BCUT2D eigenvalue weighted by atomic mass is 16.4. The molecule has 1 aliphatic rings. The van der Waals surface area contributed by atoms with Crippen molar-refractivity contribution in [2.24, 2.45) is 0 Å². The number of carboxylic acids is 1. The summed E-state index contributed by atoms with van der Waals surface area (Å²) in [4.78, 5) is 24.5. The summed E-state index contributed by atoms with van der Waals surface area (Å²) in [6.45, 7) is 0.610. The lowest BCUT2D eigenvalue weighted by molar-refractivity contribution is -0.141. The number of hydrogen-bond donors (Lipinski definition) is 4. The number of aliphatic hydroxyl groups excluding tert-OH is 1. The minimum atomic E-state index is -1.11. The normalized spacial score (nSPS) is 21.3. The van der Waals surface area contributed by atoms with Gasteiger partial charge in [0.15, 0.2) is 0 Å². The Balaban J connectivity index is 2.12. The average Bonchev–Trinajstić information content (AvgIpc) is 2.84. The van der Waals surface area contributed by atoms with E-state index in [1.165, 1.54) is 0 Å². The Morgan fingerprint density at radius 2 is 2.10 bits per heavy atom.